The lowest BCUT2D eigenvalue weighted by Crippen LogP contribution is -2.20. The van der Waals surface area contributed by atoms with Crippen molar-refractivity contribution >= 4 is 11.0 Å². The summed E-state index contributed by atoms with van der Waals surface area (Å²) in [5.74, 6) is 0. The smallest absolute Gasteiger partial charge is 0.140 e. The molecule has 0 saturated carbocycles. The second-order valence-corrected chi connectivity index (χ2v) is 4.61. The van der Waals surface area contributed by atoms with E-state index in [4.69, 9.17) is 5.26 Å². The Hall–Kier alpha value is -1.82. The molecular weight excluding hydrogens is 186 g/mol. The molecule has 3 nitrogen and oxygen atoms in total. The molecule has 2 aromatic heterocycles. The molecule has 0 amide bonds. The van der Waals surface area contributed by atoms with Gasteiger partial charge in [-0.3, -0.25) is 0 Å². The van der Waals surface area contributed by atoms with Crippen molar-refractivity contribution in [2.24, 2.45) is 0 Å². The molecular formula is C12H13N3. The highest BCUT2D eigenvalue weighted by molar-refractivity contribution is 5.77. The molecule has 76 valence electrons. The third-order valence-corrected chi connectivity index (χ3v) is 2.38. The van der Waals surface area contributed by atoms with E-state index in [1.807, 2.05) is 18.3 Å². The molecule has 0 fully saturated rings. The topological polar surface area (TPSA) is 41.6 Å². The third-order valence-electron chi connectivity index (χ3n) is 2.38. The maximum atomic E-state index is 8.77. The van der Waals surface area contributed by atoms with E-state index >= 15 is 0 Å². The summed E-state index contributed by atoms with van der Waals surface area (Å²) in [7, 11) is 0. The van der Waals surface area contributed by atoms with Crippen molar-refractivity contribution in [1.82, 2.24) is 9.55 Å². The molecule has 0 radical (unpaired) electrons. The minimum absolute atomic E-state index is 0.0168. The average Bonchev–Trinajstić information content (AvgIpc) is 2.59. The SMILES string of the molecule is CC(C)(C)n1ccc2cc(C#N)cnc21. The normalized spacial score (nSPS) is 11.6. The monoisotopic (exact) mass is 199 g/mol. The van der Waals surface area contributed by atoms with Crippen LogP contribution < -0.4 is 0 Å². The Morgan fingerprint density at radius 2 is 2.13 bits per heavy atom. The molecule has 0 spiro atoms. The van der Waals surface area contributed by atoms with Crippen LogP contribution in [0.5, 0.6) is 0 Å². The van der Waals surface area contributed by atoms with E-state index in [2.05, 4.69) is 36.4 Å². The molecule has 3 heteroatoms. The molecule has 0 aliphatic heterocycles. The van der Waals surface area contributed by atoms with E-state index in [0.29, 0.717) is 5.56 Å². The first kappa shape index (κ1) is 9.72. The molecule has 2 heterocycles. The van der Waals surface area contributed by atoms with E-state index < -0.39 is 0 Å². The number of hydrogen-bond donors (Lipinski definition) is 0. The Morgan fingerprint density at radius 3 is 2.73 bits per heavy atom. The zero-order chi connectivity index (χ0) is 11.1. The largest absolute Gasteiger partial charge is 0.327 e. The first-order valence-corrected chi connectivity index (χ1v) is 4.90. The van der Waals surface area contributed by atoms with Crippen LogP contribution in [0.15, 0.2) is 24.5 Å². The van der Waals surface area contributed by atoms with Crippen LogP contribution in [-0.2, 0) is 5.54 Å². The molecule has 15 heavy (non-hydrogen) atoms. The van der Waals surface area contributed by atoms with Crippen LogP contribution in [0.1, 0.15) is 26.3 Å². The first-order valence-electron chi connectivity index (χ1n) is 4.90. The summed E-state index contributed by atoms with van der Waals surface area (Å²) in [5, 5.41) is 9.78. The van der Waals surface area contributed by atoms with Gasteiger partial charge in [0.15, 0.2) is 0 Å². The zero-order valence-electron chi connectivity index (χ0n) is 9.15. The van der Waals surface area contributed by atoms with E-state index in [1.165, 1.54) is 0 Å². The number of nitrogens with zero attached hydrogens (tertiary/aromatic N) is 3. The summed E-state index contributed by atoms with van der Waals surface area (Å²) in [5.41, 5.74) is 1.55. The maximum absolute atomic E-state index is 8.77. The van der Waals surface area contributed by atoms with Crippen molar-refractivity contribution in [2.75, 3.05) is 0 Å². The number of hydrogen-bond acceptors (Lipinski definition) is 2. The van der Waals surface area contributed by atoms with Crippen molar-refractivity contribution in [3.63, 3.8) is 0 Å². The lowest BCUT2D eigenvalue weighted by atomic mass is 10.1. The average molecular weight is 199 g/mol. The molecule has 0 aromatic carbocycles. The van der Waals surface area contributed by atoms with E-state index in [9.17, 15) is 0 Å². The molecule has 2 aromatic rings. The van der Waals surface area contributed by atoms with Gasteiger partial charge in [-0.15, -0.1) is 0 Å². The van der Waals surface area contributed by atoms with Gasteiger partial charge in [-0.2, -0.15) is 5.26 Å². The lowest BCUT2D eigenvalue weighted by Gasteiger charge is -2.21. The molecule has 2 rings (SSSR count). The Balaban J connectivity index is 2.69. The van der Waals surface area contributed by atoms with Gasteiger partial charge in [0, 0.05) is 23.3 Å². The van der Waals surface area contributed by atoms with Crippen molar-refractivity contribution in [2.45, 2.75) is 26.3 Å². The van der Waals surface area contributed by atoms with Crippen molar-refractivity contribution in [1.29, 1.82) is 5.26 Å². The van der Waals surface area contributed by atoms with Gasteiger partial charge < -0.3 is 4.57 Å². The highest BCUT2D eigenvalue weighted by atomic mass is 15.1. The second-order valence-electron chi connectivity index (χ2n) is 4.61. The number of pyridine rings is 1. The van der Waals surface area contributed by atoms with Gasteiger partial charge in [-0.1, -0.05) is 0 Å². The van der Waals surface area contributed by atoms with Crippen molar-refractivity contribution in [3.8, 4) is 6.07 Å². The first-order chi connectivity index (χ1) is 7.02. The van der Waals surface area contributed by atoms with Crippen LogP contribution >= 0.6 is 0 Å². The fourth-order valence-corrected chi connectivity index (χ4v) is 1.63. The Bertz CT molecular complexity index is 538. The Labute approximate surface area is 89.0 Å². The number of fused-ring (bicyclic) bond motifs is 1. The molecule has 0 saturated heterocycles. The van der Waals surface area contributed by atoms with E-state index in [1.54, 1.807) is 6.20 Å². The van der Waals surface area contributed by atoms with Gasteiger partial charge in [0.2, 0.25) is 0 Å². The number of rotatable bonds is 0. The minimum atomic E-state index is 0.0168. The fourth-order valence-electron chi connectivity index (χ4n) is 1.63. The highest BCUT2D eigenvalue weighted by Crippen LogP contribution is 2.22. The van der Waals surface area contributed by atoms with E-state index in [-0.39, 0.29) is 5.54 Å². The van der Waals surface area contributed by atoms with Gasteiger partial charge >= 0.3 is 0 Å². The molecule has 0 aliphatic carbocycles. The molecule has 0 N–H and O–H groups in total. The van der Waals surface area contributed by atoms with Crippen LogP contribution in [0, 0.1) is 11.3 Å². The second kappa shape index (κ2) is 3.09. The molecule has 0 unspecified atom stereocenters. The van der Waals surface area contributed by atoms with Gasteiger partial charge in [-0.25, -0.2) is 4.98 Å². The van der Waals surface area contributed by atoms with Gasteiger partial charge in [0.1, 0.15) is 11.7 Å². The summed E-state index contributed by atoms with van der Waals surface area (Å²) in [6.45, 7) is 6.39. The Kier molecular flexibility index (Phi) is 2.01. The van der Waals surface area contributed by atoms with Crippen LogP contribution in [-0.4, -0.2) is 9.55 Å². The Morgan fingerprint density at radius 1 is 1.40 bits per heavy atom. The predicted octanol–water partition coefficient (Wildman–Crippen LogP) is 2.66. The molecule has 0 atom stereocenters. The molecule has 0 aliphatic rings. The minimum Gasteiger partial charge on any atom is -0.327 e. The highest BCUT2D eigenvalue weighted by Gasteiger charge is 2.15. The fraction of sp³-hybridized carbons (Fsp3) is 0.333. The summed E-state index contributed by atoms with van der Waals surface area (Å²) in [4.78, 5) is 4.32. The van der Waals surface area contributed by atoms with Gasteiger partial charge in [0.05, 0.1) is 5.56 Å². The van der Waals surface area contributed by atoms with Gasteiger partial charge in [-0.05, 0) is 32.9 Å². The van der Waals surface area contributed by atoms with Crippen molar-refractivity contribution in [3.05, 3.63) is 30.1 Å². The van der Waals surface area contributed by atoms with Gasteiger partial charge in [0.25, 0.3) is 0 Å². The van der Waals surface area contributed by atoms with Crippen LogP contribution in [0.4, 0.5) is 0 Å². The summed E-state index contributed by atoms with van der Waals surface area (Å²) >= 11 is 0. The van der Waals surface area contributed by atoms with Crippen LogP contribution in [0.2, 0.25) is 0 Å². The summed E-state index contributed by atoms with van der Waals surface area (Å²) in [6, 6.07) is 5.96. The maximum Gasteiger partial charge on any atom is 0.140 e. The number of nitriles is 1. The molecule has 0 bridgehead atoms. The van der Waals surface area contributed by atoms with Crippen molar-refractivity contribution < 1.29 is 0 Å². The predicted molar refractivity (Wildman–Crippen MR) is 59.4 cm³/mol. The summed E-state index contributed by atoms with van der Waals surface area (Å²) in [6.07, 6.45) is 3.63. The lowest BCUT2D eigenvalue weighted by molar-refractivity contribution is 0.408. The quantitative estimate of drug-likeness (QED) is 0.654. The standard InChI is InChI=1S/C12H13N3/c1-12(2,3)15-5-4-10-6-9(7-13)8-14-11(10)15/h4-6,8H,1-3H3. The van der Waals surface area contributed by atoms with Crippen LogP contribution in [0.25, 0.3) is 11.0 Å². The number of aromatic nitrogens is 2. The summed E-state index contributed by atoms with van der Waals surface area (Å²) < 4.78 is 2.11. The zero-order valence-corrected chi connectivity index (χ0v) is 9.15. The van der Waals surface area contributed by atoms with Crippen LogP contribution in [0.3, 0.4) is 0 Å². The third kappa shape index (κ3) is 1.59. The van der Waals surface area contributed by atoms with E-state index in [0.717, 1.165) is 11.0 Å².